The van der Waals surface area contributed by atoms with Gasteiger partial charge in [-0.05, 0) is 46.5 Å². The van der Waals surface area contributed by atoms with Crippen molar-refractivity contribution in [2.45, 2.75) is 12.6 Å². The molecule has 130 valence electrons. The maximum Gasteiger partial charge on any atom is 0.251 e. The van der Waals surface area contributed by atoms with Crippen LogP contribution in [0.4, 0.5) is 4.39 Å². The Kier molecular flexibility index (Phi) is 3.39. The molecule has 1 N–H and O–H groups in total. The predicted molar refractivity (Wildman–Crippen MR) is 94.1 cm³/mol. The van der Waals surface area contributed by atoms with Crippen LogP contribution in [0, 0.1) is 5.82 Å². The quantitative estimate of drug-likeness (QED) is 0.790. The highest BCUT2D eigenvalue weighted by molar-refractivity contribution is 6.01. The zero-order valence-corrected chi connectivity index (χ0v) is 13.9. The minimum atomic E-state index is -0.285. The number of fused-ring (bicyclic) bond motifs is 1. The molecule has 2 aliphatic heterocycles. The van der Waals surface area contributed by atoms with Crippen molar-refractivity contribution in [1.29, 1.82) is 0 Å². The van der Waals surface area contributed by atoms with Gasteiger partial charge in [-0.3, -0.25) is 9.48 Å². The average Bonchev–Trinajstić information content (AvgIpc) is 3.21. The van der Waals surface area contributed by atoms with Gasteiger partial charge in [-0.15, -0.1) is 0 Å². The van der Waals surface area contributed by atoms with E-state index in [4.69, 9.17) is 4.74 Å². The van der Waals surface area contributed by atoms with Gasteiger partial charge in [-0.2, -0.15) is 5.10 Å². The number of ether oxygens (including phenoxy) is 1. The number of nitrogens with zero attached hydrogens (tertiary/aromatic N) is 2. The number of hydrogen-bond acceptors (Lipinski definition) is 3. The molecule has 0 bridgehead atoms. The van der Waals surface area contributed by atoms with Gasteiger partial charge in [0.25, 0.3) is 5.91 Å². The number of hydrogen-bond donors (Lipinski definition) is 1. The summed E-state index contributed by atoms with van der Waals surface area (Å²) in [4.78, 5) is 12.1. The molecule has 3 heterocycles. The Morgan fingerprint density at radius 2 is 1.85 bits per heavy atom. The van der Waals surface area contributed by atoms with Crippen molar-refractivity contribution in [3.05, 3.63) is 65.7 Å². The van der Waals surface area contributed by atoms with Crippen LogP contribution in [0.2, 0.25) is 0 Å². The van der Waals surface area contributed by atoms with E-state index in [1.807, 2.05) is 29.2 Å². The molecule has 1 amide bonds. The topological polar surface area (TPSA) is 56.2 Å². The maximum atomic E-state index is 13.4. The number of carbonyl (C=O) groups is 1. The zero-order valence-electron chi connectivity index (χ0n) is 13.9. The number of aromatic nitrogens is 2. The van der Waals surface area contributed by atoms with E-state index in [0.717, 1.165) is 27.8 Å². The van der Waals surface area contributed by atoms with Gasteiger partial charge in [0.2, 0.25) is 0 Å². The summed E-state index contributed by atoms with van der Waals surface area (Å²) in [5, 5.41) is 7.32. The molecule has 1 aromatic heterocycles. The smallest absolute Gasteiger partial charge is 0.251 e. The van der Waals surface area contributed by atoms with Crippen molar-refractivity contribution in [2.75, 3.05) is 13.2 Å². The van der Waals surface area contributed by atoms with Crippen molar-refractivity contribution < 1.29 is 13.9 Å². The third kappa shape index (κ3) is 2.42. The van der Waals surface area contributed by atoms with Gasteiger partial charge >= 0.3 is 0 Å². The van der Waals surface area contributed by atoms with Crippen LogP contribution < -0.4 is 5.32 Å². The number of rotatable bonds is 3. The summed E-state index contributed by atoms with van der Waals surface area (Å²) in [6.07, 6.45) is 3.84. The Labute approximate surface area is 149 Å². The van der Waals surface area contributed by atoms with Crippen molar-refractivity contribution in [1.82, 2.24) is 15.1 Å². The molecule has 3 aromatic rings. The normalized spacial score (nSPS) is 16.3. The molecule has 5 nitrogen and oxygen atoms in total. The molecule has 1 saturated heterocycles. The maximum absolute atomic E-state index is 13.4. The summed E-state index contributed by atoms with van der Waals surface area (Å²) in [6, 6.07) is 10.5. The van der Waals surface area contributed by atoms with Gasteiger partial charge in [0.1, 0.15) is 5.82 Å². The molecule has 1 fully saturated rings. The van der Waals surface area contributed by atoms with Gasteiger partial charge in [0, 0.05) is 23.9 Å². The molecule has 0 saturated carbocycles. The molecule has 26 heavy (non-hydrogen) atoms. The Bertz CT molecular complexity index is 1010. The fraction of sp³-hybridized carbons (Fsp3) is 0.200. The molecular weight excluding hydrogens is 333 g/mol. The van der Waals surface area contributed by atoms with Crippen LogP contribution in [0.25, 0.3) is 22.3 Å². The molecule has 0 atom stereocenters. The van der Waals surface area contributed by atoms with Crippen molar-refractivity contribution >= 4 is 5.91 Å². The largest absolute Gasteiger partial charge is 0.377 e. The Morgan fingerprint density at radius 3 is 2.58 bits per heavy atom. The first-order valence-electron chi connectivity index (χ1n) is 8.52. The van der Waals surface area contributed by atoms with Crippen molar-refractivity contribution in [3.63, 3.8) is 0 Å². The van der Waals surface area contributed by atoms with Crippen LogP contribution in [0.15, 0.2) is 48.8 Å². The van der Waals surface area contributed by atoms with Crippen LogP contribution >= 0.6 is 0 Å². The molecule has 2 aromatic carbocycles. The standard InChI is InChI=1S/C20H16FN3O2/c21-15-3-1-12(2-4-15)18-6-19-13(7-22-20(19)25)5-17(18)14-8-23-24(9-14)16-10-26-11-16/h1-6,8-9,16H,7,10-11H2,(H,22,25). The molecular formula is C20H16FN3O2. The minimum absolute atomic E-state index is 0.0720. The number of amides is 1. The van der Waals surface area contributed by atoms with E-state index in [1.165, 1.54) is 12.1 Å². The van der Waals surface area contributed by atoms with Crippen molar-refractivity contribution in [2.24, 2.45) is 0 Å². The van der Waals surface area contributed by atoms with Gasteiger partial charge < -0.3 is 10.1 Å². The van der Waals surface area contributed by atoms with Gasteiger partial charge in [0.05, 0.1) is 25.5 Å². The summed E-state index contributed by atoms with van der Waals surface area (Å²) in [5.74, 6) is -0.357. The van der Waals surface area contributed by atoms with E-state index in [0.29, 0.717) is 25.3 Å². The Balaban J connectivity index is 1.66. The van der Waals surface area contributed by atoms with E-state index < -0.39 is 0 Å². The zero-order chi connectivity index (χ0) is 17.7. The fourth-order valence-corrected chi connectivity index (χ4v) is 3.43. The summed E-state index contributed by atoms with van der Waals surface area (Å²) >= 11 is 0. The monoisotopic (exact) mass is 349 g/mol. The van der Waals surface area contributed by atoms with Crippen LogP contribution in [-0.4, -0.2) is 28.9 Å². The second-order valence-corrected chi connectivity index (χ2v) is 6.64. The van der Waals surface area contributed by atoms with Gasteiger partial charge in [-0.25, -0.2) is 4.39 Å². The second-order valence-electron chi connectivity index (χ2n) is 6.64. The summed E-state index contributed by atoms with van der Waals surface area (Å²) in [5.41, 5.74) is 5.36. The van der Waals surface area contributed by atoms with Crippen LogP contribution in [0.1, 0.15) is 22.0 Å². The van der Waals surface area contributed by atoms with Crippen LogP contribution in [0.5, 0.6) is 0 Å². The number of nitrogens with one attached hydrogen (secondary N) is 1. The molecule has 0 aliphatic carbocycles. The van der Waals surface area contributed by atoms with Crippen molar-refractivity contribution in [3.8, 4) is 22.3 Å². The lowest BCUT2D eigenvalue weighted by Gasteiger charge is -2.25. The summed E-state index contributed by atoms with van der Waals surface area (Å²) in [6.45, 7) is 1.87. The van der Waals surface area contributed by atoms with Gasteiger partial charge in [0.15, 0.2) is 0 Å². The first-order chi connectivity index (χ1) is 12.7. The van der Waals surface area contributed by atoms with E-state index in [1.54, 1.807) is 12.1 Å². The van der Waals surface area contributed by atoms with Gasteiger partial charge in [-0.1, -0.05) is 12.1 Å². The second kappa shape index (κ2) is 5.78. The first kappa shape index (κ1) is 15.3. The number of benzene rings is 2. The Hall–Kier alpha value is -2.99. The molecule has 6 heteroatoms. The number of halogens is 1. The molecule has 0 spiro atoms. The van der Waals surface area contributed by atoms with E-state index in [2.05, 4.69) is 10.4 Å². The lowest BCUT2D eigenvalue weighted by Crippen LogP contribution is -2.30. The van der Waals surface area contributed by atoms with Crippen LogP contribution in [-0.2, 0) is 11.3 Å². The minimum Gasteiger partial charge on any atom is -0.377 e. The van der Waals surface area contributed by atoms with E-state index in [-0.39, 0.29) is 17.8 Å². The fourth-order valence-electron chi connectivity index (χ4n) is 3.43. The third-order valence-corrected chi connectivity index (χ3v) is 4.99. The highest BCUT2D eigenvalue weighted by atomic mass is 19.1. The summed E-state index contributed by atoms with van der Waals surface area (Å²) in [7, 11) is 0. The van der Waals surface area contributed by atoms with E-state index in [9.17, 15) is 9.18 Å². The highest BCUT2D eigenvalue weighted by Crippen LogP contribution is 2.36. The molecule has 2 aliphatic rings. The average molecular weight is 349 g/mol. The lowest BCUT2D eigenvalue weighted by atomic mass is 9.92. The van der Waals surface area contributed by atoms with E-state index >= 15 is 0 Å². The van der Waals surface area contributed by atoms with Crippen LogP contribution in [0.3, 0.4) is 0 Å². The molecule has 0 unspecified atom stereocenters. The predicted octanol–water partition coefficient (Wildman–Crippen LogP) is 3.17. The highest BCUT2D eigenvalue weighted by Gasteiger charge is 2.24. The number of carbonyl (C=O) groups excluding carboxylic acids is 1. The third-order valence-electron chi connectivity index (χ3n) is 4.99. The first-order valence-corrected chi connectivity index (χ1v) is 8.52. The summed E-state index contributed by atoms with van der Waals surface area (Å²) < 4.78 is 20.5. The Morgan fingerprint density at radius 1 is 1.08 bits per heavy atom. The molecule has 5 rings (SSSR count). The molecule has 0 radical (unpaired) electrons. The lowest BCUT2D eigenvalue weighted by molar-refractivity contribution is -0.0286. The SMILES string of the molecule is O=C1NCc2cc(-c3cnn(C4COC4)c3)c(-c3ccc(F)cc3)cc21.